The monoisotopic (exact) mass is 445 g/mol. The van der Waals surface area contributed by atoms with Crippen molar-refractivity contribution in [3.05, 3.63) is 71.1 Å². The molecular weight excluding hydrogens is 418 g/mol. The van der Waals surface area contributed by atoms with Crippen molar-refractivity contribution in [1.82, 2.24) is 19.4 Å². The highest BCUT2D eigenvalue weighted by Crippen LogP contribution is 2.31. The number of para-hydroxylation sites is 1. The van der Waals surface area contributed by atoms with Gasteiger partial charge in [-0.1, -0.05) is 25.1 Å². The minimum absolute atomic E-state index is 0.177. The molecule has 7 heteroatoms. The molecule has 1 aromatic carbocycles. The molecule has 0 saturated carbocycles. The van der Waals surface area contributed by atoms with Gasteiger partial charge in [-0.25, -0.2) is 9.97 Å². The van der Waals surface area contributed by atoms with Gasteiger partial charge in [0.1, 0.15) is 17.0 Å². The van der Waals surface area contributed by atoms with Crippen molar-refractivity contribution in [2.45, 2.75) is 26.7 Å². The van der Waals surface area contributed by atoms with Crippen LogP contribution in [0.4, 0.5) is 5.82 Å². The minimum Gasteiger partial charge on any atom is -0.352 e. The Morgan fingerprint density at radius 1 is 1.03 bits per heavy atom. The summed E-state index contributed by atoms with van der Waals surface area (Å²) in [6.45, 7) is 7.23. The molecule has 0 atom stereocenters. The molecule has 4 aromatic rings. The van der Waals surface area contributed by atoms with Gasteiger partial charge in [0.05, 0.1) is 11.8 Å². The summed E-state index contributed by atoms with van der Waals surface area (Å²) in [4.78, 5) is 28.8. The lowest BCUT2D eigenvalue weighted by atomic mass is 10.2. The largest absolute Gasteiger partial charge is 0.352 e. The first-order chi connectivity index (χ1) is 15.6. The van der Waals surface area contributed by atoms with Gasteiger partial charge in [0.15, 0.2) is 0 Å². The smallest absolute Gasteiger partial charge is 0.228 e. The maximum atomic E-state index is 13.1. The third kappa shape index (κ3) is 3.88. The second-order valence-corrected chi connectivity index (χ2v) is 9.28. The molecule has 0 aliphatic carbocycles. The quantitative estimate of drug-likeness (QED) is 0.461. The zero-order chi connectivity index (χ0) is 22.1. The van der Waals surface area contributed by atoms with Crippen molar-refractivity contribution in [3.63, 3.8) is 0 Å². The fourth-order valence-corrected chi connectivity index (χ4v) is 5.36. The fourth-order valence-electron chi connectivity index (χ4n) is 4.43. The van der Waals surface area contributed by atoms with Gasteiger partial charge < -0.3 is 14.4 Å². The second-order valence-electron chi connectivity index (χ2n) is 8.16. The molecule has 0 spiro atoms. The Bertz CT molecular complexity index is 1240. The summed E-state index contributed by atoms with van der Waals surface area (Å²) in [5, 5.41) is 1.13. The van der Waals surface area contributed by atoms with Gasteiger partial charge in [-0.3, -0.25) is 4.79 Å². The van der Waals surface area contributed by atoms with E-state index in [1.54, 1.807) is 17.7 Å². The summed E-state index contributed by atoms with van der Waals surface area (Å²) in [6, 6.07) is 16.6. The van der Waals surface area contributed by atoms with E-state index in [-0.39, 0.29) is 5.91 Å². The number of amides is 1. The van der Waals surface area contributed by atoms with Crippen molar-refractivity contribution in [1.29, 1.82) is 0 Å². The standard InChI is InChI=1S/C25H27N5OS/c1-3-21-16-22-24(26-17-27-25(22)32-21)29-13-11-28(12-14-29)23(31)15-20-10-9-18(2)30(20)19-7-5-4-6-8-19/h4-10,16-17H,3,11-15H2,1-2H3. The van der Waals surface area contributed by atoms with E-state index in [2.05, 4.69) is 63.6 Å². The number of aryl methyl sites for hydroxylation is 2. The first-order valence-electron chi connectivity index (χ1n) is 11.1. The molecule has 0 bridgehead atoms. The molecule has 5 rings (SSSR count). The molecule has 164 valence electrons. The molecule has 3 aromatic heterocycles. The van der Waals surface area contributed by atoms with Crippen molar-refractivity contribution in [2.75, 3.05) is 31.1 Å². The van der Waals surface area contributed by atoms with Crippen LogP contribution in [0.5, 0.6) is 0 Å². The SMILES string of the molecule is CCc1cc2c(N3CCN(C(=O)Cc4ccc(C)n4-c4ccccc4)CC3)ncnc2s1. The highest BCUT2D eigenvalue weighted by molar-refractivity contribution is 7.18. The van der Waals surface area contributed by atoms with E-state index in [0.717, 1.165) is 52.6 Å². The molecular formula is C25H27N5OS. The molecule has 0 N–H and O–H groups in total. The number of thiophene rings is 1. The zero-order valence-electron chi connectivity index (χ0n) is 18.5. The predicted molar refractivity (Wildman–Crippen MR) is 130 cm³/mol. The van der Waals surface area contributed by atoms with Gasteiger partial charge in [-0.2, -0.15) is 0 Å². The molecule has 32 heavy (non-hydrogen) atoms. The number of carbonyl (C=O) groups excluding carboxylic acids is 1. The maximum Gasteiger partial charge on any atom is 0.228 e. The van der Waals surface area contributed by atoms with E-state index in [0.29, 0.717) is 19.5 Å². The van der Waals surface area contributed by atoms with Gasteiger partial charge in [-0.05, 0) is 43.7 Å². The third-order valence-corrected chi connectivity index (χ3v) is 7.33. The molecule has 4 heterocycles. The van der Waals surface area contributed by atoms with Crippen LogP contribution in [0.25, 0.3) is 15.9 Å². The Labute approximate surface area is 192 Å². The first kappa shape index (κ1) is 20.7. The van der Waals surface area contributed by atoms with E-state index < -0.39 is 0 Å². The van der Waals surface area contributed by atoms with Crippen LogP contribution >= 0.6 is 11.3 Å². The van der Waals surface area contributed by atoms with E-state index in [4.69, 9.17) is 0 Å². The van der Waals surface area contributed by atoms with Gasteiger partial charge >= 0.3 is 0 Å². The zero-order valence-corrected chi connectivity index (χ0v) is 19.3. The van der Waals surface area contributed by atoms with E-state index in [1.165, 1.54) is 4.88 Å². The number of anilines is 1. The number of hydrogen-bond donors (Lipinski definition) is 0. The van der Waals surface area contributed by atoms with Crippen LogP contribution in [-0.2, 0) is 17.6 Å². The van der Waals surface area contributed by atoms with Gasteiger partial charge in [0, 0.05) is 48.1 Å². The summed E-state index contributed by atoms with van der Waals surface area (Å²) in [7, 11) is 0. The first-order valence-corrected chi connectivity index (χ1v) is 11.9. The van der Waals surface area contributed by atoms with E-state index in [9.17, 15) is 4.79 Å². The van der Waals surface area contributed by atoms with Crippen LogP contribution in [0.2, 0.25) is 0 Å². The van der Waals surface area contributed by atoms with Gasteiger partial charge in [0.25, 0.3) is 0 Å². The molecule has 0 unspecified atom stereocenters. The van der Waals surface area contributed by atoms with Gasteiger partial charge in [0.2, 0.25) is 5.91 Å². The Morgan fingerprint density at radius 3 is 2.56 bits per heavy atom. The molecule has 1 saturated heterocycles. The number of fused-ring (bicyclic) bond motifs is 1. The summed E-state index contributed by atoms with van der Waals surface area (Å²) in [5.74, 6) is 1.17. The number of piperazine rings is 1. The van der Waals surface area contributed by atoms with Crippen LogP contribution in [0.1, 0.15) is 23.2 Å². The molecule has 1 fully saturated rings. The molecule has 1 aliphatic heterocycles. The van der Waals surface area contributed by atoms with Crippen molar-refractivity contribution in [2.24, 2.45) is 0 Å². The Hall–Kier alpha value is -3.19. The van der Waals surface area contributed by atoms with Crippen LogP contribution < -0.4 is 4.90 Å². The number of benzene rings is 1. The minimum atomic E-state index is 0.177. The topological polar surface area (TPSA) is 54.3 Å². The molecule has 6 nitrogen and oxygen atoms in total. The van der Waals surface area contributed by atoms with E-state index in [1.807, 2.05) is 23.1 Å². The van der Waals surface area contributed by atoms with Crippen molar-refractivity contribution < 1.29 is 4.79 Å². The highest BCUT2D eigenvalue weighted by Gasteiger charge is 2.24. The van der Waals surface area contributed by atoms with Crippen LogP contribution in [-0.4, -0.2) is 51.5 Å². The lowest BCUT2D eigenvalue weighted by Gasteiger charge is -2.35. The van der Waals surface area contributed by atoms with E-state index >= 15 is 0 Å². The lowest BCUT2D eigenvalue weighted by molar-refractivity contribution is -0.130. The average Bonchev–Trinajstić information content (AvgIpc) is 3.42. The number of aromatic nitrogens is 3. The Balaban J connectivity index is 1.28. The number of rotatable bonds is 5. The number of hydrogen-bond acceptors (Lipinski definition) is 5. The number of nitrogens with zero attached hydrogens (tertiary/aromatic N) is 5. The summed E-state index contributed by atoms with van der Waals surface area (Å²) < 4.78 is 2.17. The second kappa shape index (κ2) is 8.74. The molecule has 1 aliphatic rings. The molecule has 0 radical (unpaired) electrons. The normalized spacial score (nSPS) is 14.3. The van der Waals surface area contributed by atoms with Crippen molar-refractivity contribution in [3.8, 4) is 5.69 Å². The maximum absolute atomic E-state index is 13.1. The van der Waals surface area contributed by atoms with Crippen molar-refractivity contribution >= 4 is 33.3 Å². The van der Waals surface area contributed by atoms with Crippen LogP contribution in [0.3, 0.4) is 0 Å². The van der Waals surface area contributed by atoms with Crippen LogP contribution in [0.15, 0.2) is 54.9 Å². The summed E-state index contributed by atoms with van der Waals surface area (Å²) in [6.07, 6.45) is 3.07. The summed E-state index contributed by atoms with van der Waals surface area (Å²) >= 11 is 1.74. The highest BCUT2D eigenvalue weighted by atomic mass is 32.1. The predicted octanol–water partition coefficient (Wildman–Crippen LogP) is 4.24. The third-order valence-electron chi connectivity index (χ3n) is 6.14. The van der Waals surface area contributed by atoms with Crippen LogP contribution in [0, 0.1) is 6.92 Å². The average molecular weight is 446 g/mol. The molecule has 1 amide bonds. The lowest BCUT2D eigenvalue weighted by Crippen LogP contribution is -2.49. The fraction of sp³-hybridized carbons (Fsp3) is 0.320. The number of carbonyl (C=O) groups is 1. The van der Waals surface area contributed by atoms with Gasteiger partial charge in [-0.15, -0.1) is 11.3 Å². The Morgan fingerprint density at radius 2 is 1.81 bits per heavy atom. The summed E-state index contributed by atoms with van der Waals surface area (Å²) in [5.41, 5.74) is 3.26. The Kier molecular flexibility index (Phi) is 5.66.